The molecule has 31 heavy (non-hydrogen) atoms. The topological polar surface area (TPSA) is 83.2 Å². The quantitative estimate of drug-likeness (QED) is 0.475. The van der Waals surface area contributed by atoms with Crippen molar-refractivity contribution in [2.24, 2.45) is 5.73 Å². The molecule has 0 spiro atoms. The van der Waals surface area contributed by atoms with Crippen LogP contribution in [0.1, 0.15) is 20.8 Å². The summed E-state index contributed by atoms with van der Waals surface area (Å²) in [6.45, 7) is 6.93. The molecule has 0 saturated carbocycles. The van der Waals surface area contributed by atoms with Gasteiger partial charge in [0.2, 0.25) is 0 Å². The third kappa shape index (κ3) is 4.63. The fourth-order valence-corrected chi connectivity index (χ4v) is 9.09. The van der Waals surface area contributed by atoms with E-state index in [0.29, 0.717) is 0 Å². The molecular formula is C24H35NO5Si. The molecule has 1 aliphatic heterocycles. The zero-order valence-corrected chi connectivity index (χ0v) is 20.0. The number of benzene rings is 2. The fraction of sp³-hybridized carbons (Fsp3) is 0.500. The van der Waals surface area contributed by atoms with Crippen LogP contribution in [0.25, 0.3) is 0 Å². The van der Waals surface area contributed by atoms with Crippen LogP contribution in [0.2, 0.25) is 5.04 Å². The Morgan fingerprint density at radius 3 is 1.87 bits per heavy atom. The number of aliphatic hydroxyl groups excluding tert-OH is 1. The molecule has 0 amide bonds. The van der Waals surface area contributed by atoms with E-state index in [4.69, 9.17) is 24.4 Å². The lowest BCUT2D eigenvalue weighted by atomic mass is 10.1. The number of methoxy groups -OCH3 is 2. The molecule has 0 bridgehead atoms. The molecule has 3 N–H and O–H groups in total. The minimum atomic E-state index is -2.71. The van der Waals surface area contributed by atoms with Crippen LogP contribution < -0.4 is 16.1 Å². The first-order valence-electron chi connectivity index (χ1n) is 10.7. The van der Waals surface area contributed by atoms with E-state index in [1.54, 1.807) is 0 Å². The average molecular weight is 446 g/mol. The molecule has 2 aromatic rings. The molecule has 2 aromatic carbocycles. The molecule has 1 heterocycles. The van der Waals surface area contributed by atoms with E-state index >= 15 is 0 Å². The summed E-state index contributed by atoms with van der Waals surface area (Å²) in [7, 11) is 0.318. The van der Waals surface area contributed by atoms with E-state index in [-0.39, 0.29) is 11.6 Å². The van der Waals surface area contributed by atoms with Crippen molar-refractivity contribution >= 4 is 18.7 Å². The van der Waals surface area contributed by atoms with Gasteiger partial charge in [-0.25, -0.2) is 0 Å². The molecule has 4 atom stereocenters. The van der Waals surface area contributed by atoms with E-state index in [9.17, 15) is 5.11 Å². The first-order valence-corrected chi connectivity index (χ1v) is 12.6. The molecule has 1 fully saturated rings. The van der Waals surface area contributed by atoms with Crippen molar-refractivity contribution in [3.63, 3.8) is 0 Å². The Labute approximate surface area is 186 Å². The van der Waals surface area contributed by atoms with Gasteiger partial charge in [0.15, 0.2) is 6.29 Å². The van der Waals surface area contributed by atoms with Crippen molar-refractivity contribution in [2.45, 2.75) is 56.5 Å². The Morgan fingerprint density at radius 1 is 0.968 bits per heavy atom. The zero-order chi connectivity index (χ0) is 22.6. The van der Waals surface area contributed by atoms with Crippen LogP contribution in [-0.2, 0) is 18.6 Å². The molecule has 7 heteroatoms. The highest BCUT2D eigenvalue weighted by molar-refractivity contribution is 6.99. The number of ether oxygens (including phenoxy) is 3. The van der Waals surface area contributed by atoms with Crippen LogP contribution in [0.15, 0.2) is 60.7 Å². The van der Waals surface area contributed by atoms with Gasteiger partial charge in [0.1, 0.15) is 12.2 Å². The molecule has 0 aliphatic carbocycles. The summed E-state index contributed by atoms with van der Waals surface area (Å²) in [4.78, 5) is 0. The van der Waals surface area contributed by atoms with Crippen LogP contribution in [0, 0.1) is 0 Å². The van der Waals surface area contributed by atoms with Gasteiger partial charge in [-0.05, 0) is 15.4 Å². The molecule has 1 saturated heterocycles. The maximum absolute atomic E-state index is 10.6. The van der Waals surface area contributed by atoms with Gasteiger partial charge in [-0.3, -0.25) is 0 Å². The maximum Gasteiger partial charge on any atom is 0.261 e. The second kappa shape index (κ2) is 9.91. The summed E-state index contributed by atoms with van der Waals surface area (Å²) < 4.78 is 23.6. The highest BCUT2D eigenvalue weighted by atomic mass is 28.4. The van der Waals surface area contributed by atoms with E-state index in [0.717, 1.165) is 0 Å². The van der Waals surface area contributed by atoms with E-state index < -0.39 is 39.0 Å². The van der Waals surface area contributed by atoms with Crippen molar-refractivity contribution in [3.05, 3.63) is 60.7 Å². The van der Waals surface area contributed by atoms with Crippen LogP contribution in [0.4, 0.5) is 0 Å². The second-order valence-corrected chi connectivity index (χ2v) is 13.3. The molecule has 1 aliphatic rings. The molecule has 3 rings (SSSR count). The standard InChI is InChI=1S/C24H35NO5Si/c1-24(2,3)31(17-12-8-6-9-13-17,18-14-10-7-11-15-18)29-16-19-20(25)21(26)22(30-19)23(27-4)28-5/h6-15,19-23,26H,16,25H2,1-5H3/t19-,20-,21+,22+/m0/s1. The fourth-order valence-electron chi connectivity index (χ4n) is 4.52. The summed E-state index contributed by atoms with van der Waals surface area (Å²) in [5.74, 6) is 0. The Morgan fingerprint density at radius 2 is 1.45 bits per heavy atom. The predicted molar refractivity (Wildman–Crippen MR) is 124 cm³/mol. The average Bonchev–Trinajstić information content (AvgIpc) is 3.04. The van der Waals surface area contributed by atoms with E-state index in [2.05, 4.69) is 69.3 Å². The Hall–Kier alpha value is -1.58. The smallest absolute Gasteiger partial charge is 0.261 e. The lowest BCUT2D eigenvalue weighted by Crippen LogP contribution is -2.67. The molecular weight excluding hydrogens is 410 g/mol. The van der Waals surface area contributed by atoms with Gasteiger partial charge >= 0.3 is 0 Å². The number of nitrogens with two attached hydrogens (primary N) is 1. The third-order valence-corrected chi connectivity index (χ3v) is 11.1. The van der Waals surface area contributed by atoms with Gasteiger partial charge in [0.25, 0.3) is 8.32 Å². The van der Waals surface area contributed by atoms with Crippen molar-refractivity contribution in [1.29, 1.82) is 0 Å². The number of rotatable bonds is 8. The Balaban J connectivity index is 1.95. The van der Waals surface area contributed by atoms with Gasteiger partial charge in [0, 0.05) is 14.2 Å². The van der Waals surface area contributed by atoms with E-state index in [1.165, 1.54) is 24.6 Å². The molecule has 0 unspecified atom stereocenters. The van der Waals surface area contributed by atoms with Crippen molar-refractivity contribution < 1.29 is 23.7 Å². The number of hydrogen-bond donors (Lipinski definition) is 2. The maximum atomic E-state index is 10.6. The highest BCUT2D eigenvalue weighted by Gasteiger charge is 2.52. The van der Waals surface area contributed by atoms with Crippen molar-refractivity contribution in [2.75, 3.05) is 20.8 Å². The summed E-state index contributed by atoms with van der Waals surface area (Å²) >= 11 is 0. The summed E-state index contributed by atoms with van der Waals surface area (Å²) in [6, 6.07) is 20.2. The van der Waals surface area contributed by atoms with Gasteiger partial charge in [-0.1, -0.05) is 81.4 Å². The number of hydrogen-bond acceptors (Lipinski definition) is 6. The Kier molecular flexibility index (Phi) is 7.70. The van der Waals surface area contributed by atoms with Gasteiger partial charge in [-0.15, -0.1) is 0 Å². The summed E-state index contributed by atoms with van der Waals surface area (Å²) in [6.07, 6.45) is -2.75. The van der Waals surface area contributed by atoms with Crippen LogP contribution in [-0.4, -0.2) is 64.9 Å². The molecule has 170 valence electrons. The van der Waals surface area contributed by atoms with Gasteiger partial charge in [0.05, 0.1) is 18.8 Å². The lowest BCUT2D eigenvalue weighted by Gasteiger charge is -2.43. The lowest BCUT2D eigenvalue weighted by molar-refractivity contribution is -0.193. The molecule has 6 nitrogen and oxygen atoms in total. The van der Waals surface area contributed by atoms with Crippen molar-refractivity contribution in [1.82, 2.24) is 0 Å². The van der Waals surface area contributed by atoms with Gasteiger partial charge < -0.3 is 29.5 Å². The van der Waals surface area contributed by atoms with Crippen LogP contribution in [0.5, 0.6) is 0 Å². The van der Waals surface area contributed by atoms with Gasteiger partial charge in [-0.2, -0.15) is 0 Å². The van der Waals surface area contributed by atoms with Crippen molar-refractivity contribution in [3.8, 4) is 0 Å². The second-order valence-electron chi connectivity index (χ2n) is 9.02. The Bertz CT molecular complexity index is 770. The zero-order valence-electron chi connectivity index (χ0n) is 19.0. The van der Waals surface area contributed by atoms with Crippen LogP contribution >= 0.6 is 0 Å². The van der Waals surface area contributed by atoms with Crippen LogP contribution in [0.3, 0.4) is 0 Å². The first-order chi connectivity index (χ1) is 14.8. The SMILES string of the molecule is COC(OC)[C@@H]1O[C@@H](CO[Si](c2ccccc2)(c2ccccc2)C(C)(C)C)[C@H](N)[C@H]1O. The highest BCUT2D eigenvalue weighted by Crippen LogP contribution is 2.37. The monoisotopic (exact) mass is 445 g/mol. The summed E-state index contributed by atoms with van der Waals surface area (Å²) in [5, 5.41) is 12.8. The minimum absolute atomic E-state index is 0.155. The minimum Gasteiger partial charge on any atom is -0.405 e. The first kappa shape index (κ1) is 24.1. The summed E-state index contributed by atoms with van der Waals surface area (Å²) in [5.41, 5.74) is 6.33. The largest absolute Gasteiger partial charge is 0.405 e. The molecule has 0 aromatic heterocycles. The molecule has 0 radical (unpaired) electrons. The predicted octanol–water partition coefficient (Wildman–Crippen LogP) is 1.64. The third-order valence-electron chi connectivity index (χ3n) is 6.11. The number of aliphatic hydroxyl groups is 1. The van der Waals surface area contributed by atoms with E-state index in [1.807, 2.05) is 12.1 Å². The normalized spacial score (nSPS) is 24.6.